The molecule has 0 saturated heterocycles. The Hall–Kier alpha value is -1.74. The molecule has 0 aliphatic rings. The zero-order valence-electron chi connectivity index (χ0n) is 38.5. The SMILES string of the molecule is CCCCC/C=C/CCCC(=O)NCCOP(=O)(O)OCC(COC(=O)CCCCCCCCCCCCCCC)OC(=O)CCCCCCCCCCCCCCC. The van der Waals surface area contributed by atoms with Crippen molar-refractivity contribution < 1.29 is 42.4 Å². The summed E-state index contributed by atoms with van der Waals surface area (Å²) in [6.45, 7) is 5.75. The molecule has 348 valence electrons. The largest absolute Gasteiger partial charge is 0.472 e. The molecule has 0 spiro atoms. The first-order chi connectivity index (χ1) is 28.7. The molecule has 0 rings (SSSR count). The molecule has 0 heterocycles. The van der Waals surface area contributed by atoms with Gasteiger partial charge in [0, 0.05) is 25.8 Å². The van der Waals surface area contributed by atoms with Crippen molar-refractivity contribution >= 4 is 25.7 Å². The van der Waals surface area contributed by atoms with Crippen molar-refractivity contribution in [3.8, 4) is 0 Å². The van der Waals surface area contributed by atoms with Crippen LogP contribution in [0.25, 0.3) is 0 Å². The number of carbonyl (C=O) groups excluding carboxylic acids is 3. The van der Waals surface area contributed by atoms with Gasteiger partial charge in [0.1, 0.15) is 6.61 Å². The van der Waals surface area contributed by atoms with Gasteiger partial charge in [0.05, 0.1) is 13.2 Å². The normalized spacial score (nSPS) is 13.1. The maximum absolute atomic E-state index is 12.7. The van der Waals surface area contributed by atoms with E-state index in [2.05, 4.69) is 38.2 Å². The third-order valence-corrected chi connectivity index (χ3v) is 11.7. The van der Waals surface area contributed by atoms with Crippen LogP contribution in [0.5, 0.6) is 0 Å². The van der Waals surface area contributed by atoms with Gasteiger partial charge in [-0.1, -0.05) is 200 Å². The summed E-state index contributed by atoms with van der Waals surface area (Å²) in [5.74, 6) is -1.01. The standard InChI is InChI=1S/C48H92NO9P/c1-4-7-10-13-16-19-21-23-25-27-30-33-36-39-47(51)55-43-45(58-48(52)40-37-34-31-28-26-24-22-20-17-14-11-8-5-2)44-57-59(53,54)56-42-41-49-46(50)38-35-32-29-18-15-12-9-6-3/h18,29,45H,4-17,19-28,30-44H2,1-3H3,(H,49,50)(H,53,54)/b29-18+. The van der Waals surface area contributed by atoms with Crippen molar-refractivity contribution in [1.29, 1.82) is 0 Å². The van der Waals surface area contributed by atoms with Crippen LogP contribution < -0.4 is 5.32 Å². The molecule has 0 saturated carbocycles. The number of hydrogen-bond acceptors (Lipinski definition) is 8. The first-order valence-corrected chi connectivity index (χ1v) is 26.1. The highest BCUT2D eigenvalue weighted by atomic mass is 31.2. The number of carbonyl (C=O) groups is 3. The van der Waals surface area contributed by atoms with E-state index >= 15 is 0 Å². The average Bonchev–Trinajstić information content (AvgIpc) is 3.22. The van der Waals surface area contributed by atoms with E-state index in [1.165, 1.54) is 141 Å². The van der Waals surface area contributed by atoms with Gasteiger partial charge in [-0.2, -0.15) is 0 Å². The number of nitrogens with one attached hydrogen (secondary N) is 1. The first-order valence-electron chi connectivity index (χ1n) is 24.6. The fourth-order valence-electron chi connectivity index (χ4n) is 6.98. The molecular formula is C48H92NO9P. The summed E-state index contributed by atoms with van der Waals surface area (Å²) in [4.78, 5) is 47.7. The maximum atomic E-state index is 12.7. The topological polar surface area (TPSA) is 137 Å². The summed E-state index contributed by atoms with van der Waals surface area (Å²) >= 11 is 0. The maximum Gasteiger partial charge on any atom is 0.472 e. The highest BCUT2D eigenvalue weighted by Crippen LogP contribution is 2.43. The van der Waals surface area contributed by atoms with Crippen LogP contribution >= 0.6 is 7.82 Å². The fourth-order valence-corrected chi connectivity index (χ4v) is 7.73. The molecular weight excluding hydrogens is 765 g/mol. The molecule has 2 unspecified atom stereocenters. The summed E-state index contributed by atoms with van der Waals surface area (Å²) in [5.41, 5.74) is 0. The van der Waals surface area contributed by atoms with E-state index in [9.17, 15) is 23.8 Å². The molecule has 0 aliphatic heterocycles. The summed E-state index contributed by atoms with van der Waals surface area (Å²) in [7, 11) is -4.53. The van der Waals surface area contributed by atoms with Crippen LogP contribution in [0.2, 0.25) is 0 Å². The Morgan fingerprint density at radius 3 is 1.39 bits per heavy atom. The van der Waals surface area contributed by atoms with E-state index in [4.69, 9.17) is 18.5 Å². The Morgan fingerprint density at radius 2 is 0.915 bits per heavy atom. The number of ether oxygens (including phenoxy) is 2. The minimum absolute atomic E-state index is 0.0495. The van der Waals surface area contributed by atoms with Crippen LogP contribution in [0.1, 0.15) is 245 Å². The number of hydrogen-bond donors (Lipinski definition) is 2. The second kappa shape index (κ2) is 44.3. The molecule has 0 aromatic carbocycles. The lowest BCUT2D eigenvalue weighted by Gasteiger charge is -2.20. The lowest BCUT2D eigenvalue weighted by molar-refractivity contribution is -0.161. The first kappa shape index (κ1) is 57.3. The van der Waals surface area contributed by atoms with Crippen LogP contribution in [0.4, 0.5) is 0 Å². The molecule has 0 aromatic rings. The lowest BCUT2D eigenvalue weighted by Crippen LogP contribution is -2.30. The molecule has 0 fully saturated rings. The monoisotopic (exact) mass is 858 g/mol. The van der Waals surface area contributed by atoms with Gasteiger partial charge >= 0.3 is 19.8 Å². The zero-order valence-corrected chi connectivity index (χ0v) is 39.4. The Kier molecular flexibility index (Phi) is 43.0. The highest BCUT2D eigenvalue weighted by Gasteiger charge is 2.26. The molecule has 59 heavy (non-hydrogen) atoms. The number of rotatable bonds is 46. The summed E-state index contributed by atoms with van der Waals surface area (Å²) in [6, 6.07) is 0. The van der Waals surface area contributed by atoms with Crippen molar-refractivity contribution in [1.82, 2.24) is 5.32 Å². The molecule has 0 aliphatic carbocycles. The number of phosphoric ester groups is 1. The van der Waals surface area contributed by atoms with Gasteiger partial charge in [-0.15, -0.1) is 0 Å². The third-order valence-electron chi connectivity index (χ3n) is 10.7. The van der Waals surface area contributed by atoms with E-state index in [-0.39, 0.29) is 38.5 Å². The van der Waals surface area contributed by atoms with E-state index in [1.54, 1.807) is 0 Å². The molecule has 10 nitrogen and oxygen atoms in total. The van der Waals surface area contributed by atoms with E-state index < -0.39 is 32.5 Å². The van der Waals surface area contributed by atoms with Gasteiger partial charge in [0.2, 0.25) is 5.91 Å². The van der Waals surface area contributed by atoms with Crippen molar-refractivity contribution in [2.75, 3.05) is 26.4 Å². The van der Waals surface area contributed by atoms with E-state index in [0.717, 1.165) is 57.8 Å². The van der Waals surface area contributed by atoms with Gasteiger partial charge in [-0.05, 0) is 38.5 Å². The van der Waals surface area contributed by atoms with Gasteiger partial charge < -0.3 is 19.7 Å². The molecule has 0 bridgehead atoms. The molecule has 2 atom stereocenters. The fraction of sp³-hybridized carbons (Fsp3) is 0.896. The van der Waals surface area contributed by atoms with Crippen LogP contribution in [0, 0.1) is 0 Å². The number of amides is 1. The second-order valence-corrected chi connectivity index (χ2v) is 18.0. The molecule has 0 aromatic heterocycles. The predicted molar refractivity (Wildman–Crippen MR) is 243 cm³/mol. The van der Waals surface area contributed by atoms with Crippen molar-refractivity contribution in [2.24, 2.45) is 0 Å². The van der Waals surface area contributed by atoms with Crippen LogP contribution in [0.15, 0.2) is 12.2 Å². The summed E-state index contributed by atoms with van der Waals surface area (Å²) in [6.07, 6.45) is 41.7. The molecule has 1 amide bonds. The minimum atomic E-state index is -4.53. The van der Waals surface area contributed by atoms with E-state index in [0.29, 0.717) is 12.8 Å². The number of esters is 2. The van der Waals surface area contributed by atoms with Crippen molar-refractivity contribution in [3.63, 3.8) is 0 Å². The Bertz CT molecular complexity index is 1040. The molecule has 11 heteroatoms. The summed E-state index contributed by atoms with van der Waals surface area (Å²) < 4.78 is 33.8. The second-order valence-electron chi connectivity index (χ2n) is 16.6. The van der Waals surface area contributed by atoms with Crippen LogP contribution in [0.3, 0.4) is 0 Å². The molecule has 0 radical (unpaired) electrons. The van der Waals surface area contributed by atoms with Gasteiger partial charge in [0.15, 0.2) is 6.10 Å². The predicted octanol–water partition coefficient (Wildman–Crippen LogP) is 14.0. The zero-order chi connectivity index (χ0) is 43.3. The smallest absolute Gasteiger partial charge is 0.462 e. The Balaban J connectivity index is 4.54. The lowest BCUT2D eigenvalue weighted by atomic mass is 10.0. The van der Waals surface area contributed by atoms with Gasteiger partial charge in [-0.3, -0.25) is 23.4 Å². The Morgan fingerprint density at radius 1 is 0.508 bits per heavy atom. The number of phosphoric acid groups is 1. The number of allylic oxidation sites excluding steroid dienone is 2. The summed E-state index contributed by atoms with van der Waals surface area (Å²) in [5, 5.41) is 2.69. The third kappa shape index (κ3) is 44.1. The van der Waals surface area contributed by atoms with Crippen molar-refractivity contribution in [2.45, 2.75) is 252 Å². The highest BCUT2D eigenvalue weighted by molar-refractivity contribution is 7.47. The average molecular weight is 858 g/mol. The van der Waals surface area contributed by atoms with Crippen LogP contribution in [-0.4, -0.2) is 55.2 Å². The minimum Gasteiger partial charge on any atom is -0.462 e. The van der Waals surface area contributed by atoms with Gasteiger partial charge in [0.25, 0.3) is 0 Å². The van der Waals surface area contributed by atoms with Gasteiger partial charge in [-0.25, -0.2) is 4.57 Å². The molecule has 2 N–H and O–H groups in total. The quantitative estimate of drug-likeness (QED) is 0.0265. The van der Waals surface area contributed by atoms with Crippen LogP contribution in [-0.2, 0) is 37.5 Å². The van der Waals surface area contributed by atoms with E-state index in [1.807, 2.05) is 0 Å². The Labute approximate surface area is 362 Å². The van der Waals surface area contributed by atoms with Crippen molar-refractivity contribution in [3.05, 3.63) is 12.2 Å². The number of unbranched alkanes of at least 4 members (excludes halogenated alkanes) is 28.